The van der Waals surface area contributed by atoms with Crippen LogP contribution in [0.5, 0.6) is 5.75 Å². The molecule has 0 bridgehead atoms. The first-order chi connectivity index (χ1) is 13.0. The maximum Gasteiger partial charge on any atom is 0.291 e. The summed E-state index contributed by atoms with van der Waals surface area (Å²) in [6.07, 6.45) is 1.43. The van der Waals surface area contributed by atoms with Gasteiger partial charge in [0, 0.05) is 17.3 Å². The molecule has 2 N–H and O–H groups in total. The summed E-state index contributed by atoms with van der Waals surface area (Å²) >= 11 is 0. The largest absolute Gasteiger partial charge is 0.494 e. The molecule has 6 heteroatoms. The second-order valence-corrected chi connectivity index (χ2v) is 6.12. The Hall–Kier alpha value is -3.54. The topological polar surface area (TPSA) is 80.6 Å². The van der Waals surface area contributed by atoms with Gasteiger partial charge in [-0.25, -0.2) is 0 Å². The predicted octanol–water partition coefficient (Wildman–Crippen LogP) is 4.41. The minimum absolute atomic E-state index is 0.198. The zero-order valence-electron chi connectivity index (χ0n) is 15.3. The van der Waals surface area contributed by atoms with E-state index in [4.69, 9.17) is 9.15 Å². The van der Waals surface area contributed by atoms with Crippen LogP contribution in [0.1, 0.15) is 32.0 Å². The average Bonchev–Trinajstić information content (AvgIpc) is 3.17. The molecule has 27 heavy (non-hydrogen) atoms. The van der Waals surface area contributed by atoms with E-state index in [1.54, 1.807) is 36.4 Å². The molecule has 0 saturated heterocycles. The Morgan fingerprint density at radius 2 is 1.78 bits per heavy atom. The number of carbonyl (C=O) groups excluding carboxylic acids is 2. The molecule has 2 amide bonds. The van der Waals surface area contributed by atoms with Crippen LogP contribution in [0.4, 0.5) is 11.4 Å². The van der Waals surface area contributed by atoms with E-state index in [9.17, 15) is 9.59 Å². The van der Waals surface area contributed by atoms with Crippen molar-refractivity contribution >= 4 is 23.2 Å². The van der Waals surface area contributed by atoms with Gasteiger partial charge in [-0.1, -0.05) is 17.7 Å². The van der Waals surface area contributed by atoms with Crippen molar-refractivity contribution in [3.63, 3.8) is 0 Å². The number of methoxy groups -OCH3 is 1. The molecule has 0 aliphatic heterocycles. The normalized spacial score (nSPS) is 10.3. The van der Waals surface area contributed by atoms with Crippen LogP contribution >= 0.6 is 0 Å². The highest BCUT2D eigenvalue weighted by molar-refractivity contribution is 6.06. The smallest absolute Gasteiger partial charge is 0.291 e. The first-order valence-electron chi connectivity index (χ1n) is 8.39. The molecule has 0 atom stereocenters. The number of hydrogen-bond acceptors (Lipinski definition) is 4. The number of nitrogens with one attached hydrogen (secondary N) is 2. The number of furan rings is 1. The zero-order chi connectivity index (χ0) is 19.4. The maximum atomic E-state index is 12.5. The quantitative estimate of drug-likeness (QED) is 0.703. The van der Waals surface area contributed by atoms with Crippen LogP contribution in [0.3, 0.4) is 0 Å². The number of amides is 2. The molecule has 0 aliphatic rings. The number of carbonyl (C=O) groups is 2. The van der Waals surface area contributed by atoms with Gasteiger partial charge in [0.15, 0.2) is 5.76 Å². The van der Waals surface area contributed by atoms with Gasteiger partial charge >= 0.3 is 0 Å². The summed E-state index contributed by atoms with van der Waals surface area (Å²) in [5.74, 6) is 0.0323. The van der Waals surface area contributed by atoms with E-state index in [0.717, 1.165) is 11.1 Å². The molecule has 0 radical (unpaired) electrons. The van der Waals surface area contributed by atoms with Crippen LogP contribution in [-0.4, -0.2) is 18.9 Å². The van der Waals surface area contributed by atoms with Crippen LogP contribution in [0, 0.1) is 13.8 Å². The molecule has 1 aromatic heterocycles. The summed E-state index contributed by atoms with van der Waals surface area (Å²) in [6, 6.07) is 13.9. The summed E-state index contributed by atoms with van der Waals surface area (Å²) in [5, 5.41) is 5.57. The molecule has 3 rings (SSSR count). The van der Waals surface area contributed by atoms with Gasteiger partial charge in [-0.2, -0.15) is 0 Å². The van der Waals surface area contributed by atoms with Crippen molar-refractivity contribution in [2.24, 2.45) is 0 Å². The summed E-state index contributed by atoms with van der Waals surface area (Å²) in [6.45, 7) is 3.88. The molecule has 1 heterocycles. The van der Waals surface area contributed by atoms with Gasteiger partial charge in [-0.05, 0) is 49.7 Å². The number of hydrogen-bond donors (Lipinski definition) is 2. The Balaban J connectivity index is 1.77. The molecular formula is C21H20N2O4. The molecule has 0 aliphatic carbocycles. The minimum atomic E-state index is -0.384. The molecular weight excluding hydrogens is 344 g/mol. The standard InChI is InChI=1S/C21H20N2O4/c1-13-6-8-16(14(2)11-13)20(24)22-15-7-9-17(19(12-15)26-3)23-21(25)18-5-4-10-27-18/h4-12H,1-3H3,(H,22,24)(H,23,25). The van der Waals surface area contributed by atoms with Gasteiger partial charge < -0.3 is 19.8 Å². The summed E-state index contributed by atoms with van der Waals surface area (Å²) in [7, 11) is 1.49. The average molecular weight is 364 g/mol. The lowest BCUT2D eigenvalue weighted by atomic mass is 10.1. The number of aryl methyl sites for hydroxylation is 2. The maximum absolute atomic E-state index is 12.5. The van der Waals surface area contributed by atoms with Crippen molar-refractivity contribution in [2.75, 3.05) is 17.7 Å². The van der Waals surface area contributed by atoms with E-state index in [0.29, 0.717) is 22.7 Å². The molecule has 138 valence electrons. The van der Waals surface area contributed by atoms with Crippen LogP contribution in [0.2, 0.25) is 0 Å². The van der Waals surface area contributed by atoms with Gasteiger partial charge in [-0.15, -0.1) is 0 Å². The van der Waals surface area contributed by atoms with E-state index in [-0.39, 0.29) is 17.6 Å². The second kappa shape index (κ2) is 7.78. The molecule has 6 nitrogen and oxygen atoms in total. The van der Waals surface area contributed by atoms with E-state index < -0.39 is 0 Å². The Kier molecular flexibility index (Phi) is 5.26. The van der Waals surface area contributed by atoms with Gasteiger partial charge in [-0.3, -0.25) is 9.59 Å². The number of ether oxygens (including phenoxy) is 1. The van der Waals surface area contributed by atoms with Crippen molar-refractivity contribution in [1.29, 1.82) is 0 Å². The highest BCUT2D eigenvalue weighted by Gasteiger charge is 2.14. The number of benzene rings is 2. The fourth-order valence-electron chi connectivity index (χ4n) is 2.73. The predicted molar refractivity (Wildman–Crippen MR) is 104 cm³/mol. The number of rotatable bonds is 5. The zero-order valence-corrected chi connectivity index (χ0v) is 15.3. The highest BCUT2D eigenvalue weighted by atomic mass is 16.5. The molecule has 0 spiro atoms. The third kappa shape index (κ3) is 4.17. The first-order valence-corrected chi connectivity index (χ1v) is 8.39. The fraction of sp³-hybridized carbons (Fsp3) is 0.143. The van der Waals surface area contributed by atoms with Crippen molar-refractivity contribution in [3.05, 3.63) is 77.2 Å². The van der Waals surface area contributed by atoms with Crippen molar-refractivity contribution in [3.8, 4) is 5.75 Å². The number of anilines is 2. The van der Waals surface area contributed by atoms with Crippen LogP contribution in [0.15, 0.2) is 59.2 Å². The summed E-state index contributed by atoms with van der Waals surface area (Å²) in [5.41, 5.74) is 3.65. The summed E-state index contributed by atoms with van der Waals surface area (Å²) in [4.78, 5) is 24.7. The third-order valence-electron chi connectivity index (χ3n) is 4.08. The Morgan fingerprint density at radius 3 is 2.44 bits per heavy atom. The van der Waals surface area contributed by atoms with E-state index in [2.05, 4.69) is 10.6 Å². The van der Waals surface area contributed by atoms with Crippen LogP contribution < -0.4 is 15.4 Å². The Morgan fingerprint density at radius 1 is 0.963 bits per heavy atom. The third-order valence-corrected chi connectivity index (χ3v) is 4.08. The van der Waals surface area contributed by atoms with E-state index in [1.165, 1.54) is 13.4 Å². The van der Waals surface area contributed by atoms with Gasteiger partial charge in [0.1, 0.15) is 5.75 Å². The lowest BCUT2D eigenvalue weighted by molar-refractivity contribution is 0.0994. The molecule has 3 aromatic rings. The molecule has 0 saturated carbocycles. The van der Waals surface area contributed by atoms with Crippen LogP contribution in [0.25, 0.3) is 0 Å². The lowest BCUT2D eigenvalue weighted by Crippen LogP contribution is -2.14. The molecule has 2 aromatic carbocycles. The minimum Gasteiger partial charge on any atom is -0.494 e. The lowest BCUT2D eigenvalue weighted by Gasteiger charge is -2.13. The van der Waals surface area contributed by atoms with E-state index in [1.807, 2.05) is 26.0 Å². The fourth-order valence-corrected chi connectivity index (χ4v) is 2.73. The van der Waals surface area contributed by atoms with Crippen molar-refractivity contribution in [2.45, 2.75) is 13.8 Å². The van der Waals surface area contributed by atoms with Gasteiger partial charge in [0.2, 0.25) is 0 Å². The monoisotopic (exact) mass is 364 g/mol. The molecule has 0 fully saturated rings. The SMILES string of the molecule is COc1cc(NC(=O)c2ccc(C)cc2C)ccc1NC(=O)c1ccco1. The van der Waals surface area contributed by atoms with Gasteiger partial charge in [0.05, 0.1) is 19.1 Å². The van der Waals surface area contributed by atoms with Gasteiger partial charge in [0.25, 0.3) is 11.8 Å². The first kappa shape index (κ1) is 18.3. The van der Waals surface area contributed by atoms with Crippen molar-refractivity contribution < 1.29 is 18.7 Å². The van der Waals surface area contributed by atoms with E-state index >= 15 is 0 Å². The Bertz CT molecular complexity index is 978. The van der Waals surface area contributed by atoms with Crippen LogP contribution in [-0.2, 0) is 0 Å². The summed E-state index contributed by atoms with van der Waals surface area (Å²) < 4.78 is 10.4. The highest BCUT2D eigenvalue weighted by Crippen LogP contribution is 2.29. The molecule has 0 unspecified atom stereocenters. The van der Waals surface area contributed by atoms with Crippen molar-refractivity contribution in [1.82, 2.24) is 0 Å². The Labute approximate surface area is 157 Å². The second-order valence-electron chi connectivity index (χ2n) is 6.12.